The van der Waals surface area contributed by atoms with Crippen LogP contribution in [0.3, 0.4) is 0 Å². The van der Waals surface area contributed by atoms with Gasteiger partial charge >= 0.3 is 0 Å². The Balaban J connectivity index is 2.44. The number of halogens is 2. The van der Waals surface area contributed by atoms with Crippen LogP contribution >= 0.6 is 11.6 Å². The van der Waals surface area contributed by atoms with Gasteiger partial charge in [0, 0.05) is 6.07 Å². The summed E-state index contributed by atoms with van der Waals surface area (Å²) >= 11 is 5.86. The lowest BCUT2D eigenvalue weighted by atomic mass is 10.2. The number of aldehydes is 1. The third-order valence-electron chi connectivity index (χ3n) is 2.48. The number of non-ortho nitro benzene ring substituents is 1. The molecule has 0 saturated heterocycles. The van der Waals surface area contributed by atoms with Gasteiger partial charge in [0.1, 0.15) is 11.6 Å². The zero-order valence-electron chi connectivity index (χ0n) is 9.88. The molecule has 0 bridgehead atoms. The number of rotatable bonds is 4. The van der Waals surface area contributed by atoms with Crippen molar-refractivity contribution in [2.45, 2.75) is 0 Å². The van der Waals surface area contributed by atoms with E-state index in [1.807, 2.05) is 0 Å². The Morgan fingerprint density at radius 2 is 2.00 bits per heavy atom. The number of nitro groups is 1. The number of carbonyl (C=O) groups excluding carboxylic acids is 1. The maximum absolute atomic E-state index is 13.4. The van der Waals surface area contributed by atoms with Crippen LogP contribution in [0.5, 0.6) is 11.5 Å². The normalized spacial score (nSPS) is 10.1. The molecule has 0 aliphatic heterocycles. The first kappa shape index (κ1) is 14.0. The summed E-state index contributed by atoms with van der Waals surface area (Å²) in [5.74, 6) is -0.851. The van der Waals surface area contributed by atoms with Crippen molar-refractivity contribution in [3.63, 3.8) is 0 Å². The zero-order chi connectivity index (χ0) is 14.7. The Labute approximate surface area is 117 Å². The fraction of sp³-hybridized carbons (Fsp3) is 0. The summed E-state index contributed by atoms with van der Waals surface area (Å²) in [5, 5.41) is 10.8. The molecular formula is C13H7ClFNO4. The molecule has 2 aromatic carbocycles. The van der Waals surface area contributed by atoms with Crippen LogP contribution in [-0.2, 0) is 0 Å². The van der Waals surface area contributed by atoms with Crippen LogP contribution in [0.15, 0.2) is 36.4 Å². The fourth-order valence-corrected chi connectivity index (χ4v) is 1.68. The second kappa shape index (κ2) is 5.66. The second-order valence-corrected chi connectivity index (χ2v) is 4.15. The molecule has 20 heavy (non-hydrogen) atoms. The van der Waals surface area contributed by atoms with Gasteiger partial charge in [0.15, 0.2) is 12.0 Å². The van der Waals surface area contributed by atoms with Gasteiger partial charge in [-0.1, -0.05) is 17.7 Å². The molecule has 0 aliphatic carbocycles. The number of nitrogens with zero attached hydrogens (tertiary/aromatic N) is 1. The minimum Gasteiger partial charge on any atom is -0.455 e. The third kappa shape index (κ3) is 2.75. The van der Waals surface area contributed by atoms with Crippen molar-refractivity contribution in [3.8, 4) is 11.5 Å². The van der Waals surface area contributed by atoms with E-state index in [0.29, 0.717) is 6.29 Å². The molecule has 0 spiro atoms. The van der Waals surface area contributed by atoms with Crippen LogP contribution in [0.4, 0.5) is 10.1 Å². The maximum Gasteiger partial charge on any atom is 0.273 e. The average molecular weight is 296 g/mol. The van der Waals surface area contributed by atoms with Crippen molar-refractivity contribution >= 4 is 23.6 Å². The molecule has 0 atom stereocenters. The Kier molecular flexibility index (Phi) is 3.95. The van der Waals surface area contributed by atoms with E-state index in [-0.39, 0.29) is 27.8 Å². The highest BCUT2D eigenvalue weighted by Gasteiger charge is 2.14. The summed E-state index contributed by atoms with van der Waals surface area (Å²) in [7, 11) is 0. The highest BCUT2D eigenvalue weighted by Crippen LogP contribution is 2.34. The van der Waals surface area contributed by atoms with Gasteiger partial charge in [0.25, 0.3) is 5.69 Å². The molecule has 0 radical (unpaired) electrons. The quantitative estimate of drug-likeness (QED) is 0.486. The van der Waals surface area contributed by atoms with Crippen LogP contribution in [0.25, 0.3) is 0 Å². The maximum atomic E-state index is 13.4. The van der Waals surface area contributed by atoms with Crippen LogP contribution in [0, 0.1) is 15.9 Å². The Bertz CT molecular complexity index is 690. The molecule has 102 valence electrons. The largest absolute Gasteiger partial charge is 0.455 e. The summed E-state index contributed by atoms with van der Waals surface area (Å²) in [6.07, 6.45) is 0.302. The van der Waals surface area contributed by atoms with E-state index in [9.17, 15) is 19.3 Å². The number of carbonyl (C=O) groups is 1. The van der Waals surface area contributed by atoms with Crippen molar-refractivity contribution in [1.29, 1.82) is 0 Å². The summed E-state index contributed by atoms with van der Waals surface area (Å²) in [4.78, 5) is 20.9. The van der Waals surface area contributed by atoms with Gasteiger partial charge in [-0.2, -0.15) is 0 Å². The first-order valence-corrected chi connectivity index (χ1v) is 5.76. The SMILES string of the molecule is O=Cc1c(F)cccc1Oc1cc([N+](=O)[O-])ccc1Cl. The summed E-state index contributed by atoms with van der Waals surface area (Å²) in [6, 6.07) is 7.41. The van der Waals surface area contributed by atoms with Crippen LogP contribution < -0.4 is 4.74 Å². The Morgan fingerprint density at radius 3 is 2.65 bits per heavy atom. The number of benzene rings is 2. The first-order valence-electron chi connectivity index (χ1n) is 5.38. The van der Waals surface area contributed by atoms with Crippen molar-refractivity contribution in [2.24, 2.45) is 0 Å². The van der Waals surface area contributed by atoms with Gasteiger partial charge in [-0.15, -0.1) is 0 Å². The number of nitro benzene ring substituents is 1. The van der Waals surface area contributed by atoms with Crippen molar-refractivity contribution in [2.75, 3.05) is 0 Å². The van der Waals surface area contributed by atoms with Gasteiger partial charge in [-0.3, -0.25) is 14.9 Å². The monoisotopic (exact) mass is 295 g/mol. The van der Waals surface area contributed by atoms with Gasteiger partial charge < -0.3 is 4.74 Å². The van der Waals surface area contributed by atoms with Crippen LogP contribution in [-0.4, -0.2) is 11.2 Å². The Morgan fingerprint density at radius 1 is 1.25 bits per heavy atom. The lowest BCUT2D eigenvalue weighted by Crippen LogP contribution is -1.95. The molecule has 2 rings (SSSR count). The van der Waals surface area contributed by atoms with Gasteiger partial charge in [-0.25, -0.2) is 4.39 Å². The van der Waals surface area contributed by atoms with Crippen LogP contribution in [0.2, 0.25) is 5.02 Å². The molecular weight excluding hydrogens is 289 g/mol. The molecule has 0 fully saturated rings. The van der Waals surface area contributed by atoms with E-state index in [2.05, 4.69) is 0 Å². The highest BCUT2D eigenvalue weighted by molar-refractivity contribution is 6.32. The van der Waals surface area contributed by atoms with E-state index in [1.54, 1.807) is 0 Å². The number of hydrogen-bond donors (Lipinski definition) is 0. The van der Waals surface area contributed by atoms with Crippen molar-refractivity contribution in [3.05, 3.63) is 62.9 Å². The summed E-state index contributed by atoms with van der Waals surface area (Å²) in [5.41, 5.74) is -0.511. The lowest BCUT2D eigenvalue weighted by Gasteiger charge is -2.09. The lowest BCUT2D eigenvalue weighted by molar-refractivity contribution is -0.384. The fourth-order valence-electron chi connectivity index (χ4n) is 1.52. The molecule has 5 nitrogen and oxygen atoms in total. The molecule has 0 amide bonds. The van der Waals surface area contributed by atoms with E-state index in [0.717, 1.165) is 12.1 Å². The molecule has 0 unspecified atom stereocenters. The van der Waals surface area contributed by atoms with Gasteiger partial charge in [0.05, 0.1) is 21.6 Å². The first-order chi connectivity index (χ1) is 9.52. The van der Waals surface area contributed by atoms with E-state index in [1.165, 1.54) is 24.3 Å². The minimum atomic E-state index is -0.751. The standard InChI is InChI=1S/C13H7ClFNO4/c14-10-5-4-8(16(18)19)6-13(10)20-12-3-1-2-11(15)9(12)7-17/h1-7H. The zero-order valence-corrected chi connectivity index (χ0v) is 10.6. The highest BCUT2D eigenvalue weighted by atomic mass is 35.5. The topological polar surface area (TPSA) is 69.4 Å². The molecule has 0 aromatic heterocycles. The number of hydrogen-bond acceptors (Lipinski definition) is 4. The van der Waals surface area contributed by atoms with Gasteiger partial charge in [-0.05, 0) is 18.2 Å². The minimum absolute atomic E-state index is 0.0328. The molecule has 0 saturated carbocycles. The predicted molar refractivity (Wildman–Crippen MR) is 70.0 cm³/mol. The van der Waals surface area contributed by atoms with E-state index < -0.39 is 10.7 Å². The molecule has 0 aliphatic rings. The molecule has 7 heteroatoms. The average Bonchev–Trinajstić information content (AvgIpc) is 2.41. The molecule has 0 N–H and O–H groups in total. The van der Waals surface area contributed by atoms with Crippen LogP contribution in [0.1, 0.15) is 10.4 Å². The van der Waals surface area contributed by atoms with E-state index in [4.69, 9.17) is 16.3 Å². The van der Waals surface area contributed by atoms with Gasteiger partial charge in [0.2, 0.25) is 0 Å². The molecule has 0 heterocycles. The van der Waals surface area contributed by atoms with Crippen molar-refractivity contribution in [1.82, 2.24) is 0 Å². The predicted octanol–water partition coefficient (Wildman–Crippen LogP) is 3.99. The summed E-state index contributed by atoms with van der Waals surface area (Å²) in [6.45, 7) is 0. The smallest absolute Gasteiger partial charge is 0.273 e. The van der Waals surface area contributed by atoms with Crippen molar-refractivity contribution < 1.29 is 18.8 Å². The van der Waals surface area contributed by atoms with E-state index >= 15 is 0 Å². The number of ether oxygens (including phenoxy) is 1. The summed E-state index contributed by atoms with van der Waals surface area (Å²) < 4.78 is 18.7. The third-order valence-corrected chi connectivity index (χ3v) is 2.79. The second-order valence-electron chi connectivity index (χ2n) is 3.74. The Hall–Kier alpha value is -2.47. The molecule has 2 aromatic rings.